The zero-order chi connectivity index (χ0) is 14.5. The normalized spacial score (nSPS) is 10.1. The highest BCUT2D eigenvalue weighted by Crippen LogP contribution is 2.18. The van der Waals surface area contributed by atoms with Gasteiger partial charge in [0, 0.05) is 15.6 Å². The van der Waals surface area contributed by atoms with E-state index in [9.17, 15) is 14.0 Å². The van der Waals surface area contributed by atoms with Crippen molar-refractivity contribution in [2.45, 2.75) is 0 Å². The number of hydrogen-bond acceptors (Lipinski definition) is 3. The Morgan fingerprint density at radius 2 is 1.90 bits per heavy atom. The fourth-order valence-electron chi connectivity index (χ4n) is 1.57. The quantitative estimate of drug-likeness (QED) is 0.618. The van der Waals surface area contributed by atoms with Gasteiger partial charge in [-0.05, 0) is 30.3 Å². The van der Waals surface area contributed by atoms with Crippen LogP contribution >= 0.6 is 15.9 Å². The second-order valence-electron chi connectivity index (χ2n) is 4.03. The third kappa shape index (κ3) is 3.51. The molecule has 0 bridgehead atoms. The van der Waals surface area contributed by atoms with Crippen molar-refractivity contribution in [3.05, 3.63) is 63.9 Å². The van der Waals surface area contributed by atoms with Crippen LogP contribution in [0.5, 0.6) is 5.75 Å². The molecule has 0 spiro atoms. The molecule has 0 saturated heterocycles. The topological polar surface area (TPSA) is 43.4 Å². The van der Waals surface area contributed by atoms with E-state index in [2.05, 4.69) is 15.9 Å². The van der Waals surface area contributed by atoms with Gasteiger partial charge in [-0.25, -0.2) is 4.39 Å². The fourth-order valence-corrected chi connectivity index (χ4v) is 1.83. The molecule has 0 aliphatic rings. The SMILES string of the molecule is O=Cc1ccc(OCC(=O)c2ccc(Br)cc2)c(F)c1. The van der Waals surface area contributed by atoms with Gasteiger partial charge < -0.3 is 4.74 Å². The molecule has 0 amide bonds. The van der Waals surface area contributed by atoms with Crippen molar-refractivity contribution in [2.75, 3.05) is 6.61 Å². The van der Waals surface area contributed by atoms with Crippen LogP contribution in [0.4, 0.5) is 4.39 Å². The minimum Gasteiger partial charge on any atom is -0.482 e. The lowest BCUT2D eigenvalue weighted by molar-refractivity contribution is 0.0918. The Morgan fingerprint density at radius 3 is 2.50 bits per heavy atom. The van der Waals surface area contributed by atoms with Crippen molar-refractivity contribution < 1.29 is 18.7 Å². The van der Waals surface area contributed by atoms with E-state index in [1.807, 2.05) is 0 Å². The van der Waals surface area contributed by atoms with E-state index < -0.39 is 5.82 Å². The summed E-state index contributed by atoms with van der Waals surface area (Å²) in [5.74, 6) is -0.976. The minimum absolute atomic E-state index is 0.0546. The van der Waals surface area contributed by atoms with Crippen LogP contribution < -0.4 is 4.74 Å². The van der Waals surface area contributed by atoms with Gasteiger partial charge >= 0.3 is 0 Å². The number of ether oxygens (including phenoxy) is 1. The second-order valence-corrected chi connectivity index (χ2v) is 4.94. The van der Waals surface area contributed by atoms with Crippen molar-refractivity contribution in [2.24, 2.45) is 0 Å². The number of carbonyl (C=O) groups is 2. The van der Waals surface area contributed by atoms with E-state index in [-0.39, 0.29) is 23.7 Å². The van der Waals surface area contributed by atoms with Crippen LogP contribution in [0.3, 0.4) is 0 Å². The smallest absolute Gasteiger partial charge is 0.200 e. The largest absolute Gasteiger partial charge is 0.482 e. The first-order chi connectivity index (χ1) is 9.60. The van der Waals surface area contributed by atoms with Gasteiger partial charge in [-0.3, -0.25) is 9.59 Å². The van der Waals surface area contributed by atoms with Crippen LogP contribution in [0, 0.1) is 5.82 Å². The summed E-state index contributed by atoms with van der Waals surface area (Å²) in [5.41, 5.74) is 0.701. The zero-order valence-corrected chi connectivity index (χ0v) is 11.9. The molecule has 102 valence electrons. The molecule has 0 atom stereocenters. The zero-order valence-electron chi connectivity index (χ0n) is 10.3. The highest BCUT2D eigenvalue weighted by atomic mass is 79.9. The summed E-state index contributed by atoms with van der Waals surface area (Å²) in [7, 11) is 0. The molecule has 20 heavy (non-hydrogen) atoms. The van der Waals surface area contributed by atoms with Crippen molar-refractivity contribution in [3.63, 3.8) is 0 Å². The molecule has 0 aliphatic heterocycles. The Morgan fingerprint density at radius 1 is 1.20 bits per heavy atom. The number of carbonyl (C=O) groups excluding carboxylic acids is 2. The lowest BCUT2D eigenvalue weighted by Crippen LogP contribution is -2.12. The third-order valence-corrected chi connectivity index (χ3v) is 3.15. The van der Waals surface area contributed by atoms with Gasteiger partial charge in [0.05, 0.1) is 0 Å². The van der Waals surface area contributed by atoms with Crippen LogP contribution in [-0.4, -0.2) is 18.7 Å². The Balaban J connectivity index is 2.03. The molecule has 0 aliphatic carbocycles. The number of rotatable bonds is 5. The maximum Gasteiger partial charge on any atom is 0.200 e. The third-order valence-electron chi connectivity index (χ3n) is 2.62. The number of aldehydes is 1. The highest BCUT2D eigenvalue weighted by molar-refractivity contribution is 9.10. The highest BCUT2D eigenvalue weighted by Gasteiger charge is 2.09. The first-order valence-corrected chi connectivity index (χ1v) is 6.56. The standard InChI is InChI=1S/C15H10BrFO3/c16-12-4-2-11(3-5-12)14(19)9-20-15-6-1-10(8-18)7-13(15)17/h1-8H,9H2. The second kappa shape index (κ2) is 6.43. The van der Waals surface area contributed by atoms with Crippen molar-refractivity contribution in [3.8, 4) is 5.75 Å². The number of ketones is 1. The molecule has 2 rings (SSSR count). The van der Waals surface area contributed by atoms with Crippen LogP contribution in [0.2, 0.25) is 0 Å². The van der Waals surface area contributed by atoms with E-state index in [0.29, 0.717) is 11.8 Å². The summed E-state index contributed by atoms with van der Waals surface area (Å²) < 4.78 is 19.5. The number of halogens is 2. The van der Waals surface area contributed by atoms with Gasteiger partial charge in [0.1, 0.15) is 6.29 Å². The summed E-state index contributed by atoms with van der Waals surface area (Å²) >= 11 is 3.27. The first kappa shape index (κ1) is 14.4. The van der Waals surface area contributed by atoms with E-state index in [0.717, 1.165) is 10.5 Å². The van der Waals surface area contributed by atoms with Gasteiger partial charge in [-0.2, -0.15) is 0 Å². The summed E-state index contributed by atoms with van der Waals surface area (Å²) in [6.07, 6.45) is 0.542. The molecule has 0 N–H and O–H groups in total. The van der Waals surface area contributed by atoms with Crippen LogP contribution in [-0.2, 0) is 0 Å². The van der Waals surface area contributed by atoms with E-state index >= 15 is 0 Å². The van der Waals surface area contributed by atoms with E-state index in [1.54, 1.807) is 24.3 Å². The van der Waals surface area contributed by atoms with Gasteiger partial charge in [-0.15, -0.1) is 0 Å². The molecular weight excluding hydrogens is 327 g/mol. The monoisotopic (exact) mass is 336 g/mol. The molecule has 0 fully saturated rings. The predicted molar refractivity (Wildman–Crippen MR) is 75.8 cm³/mol. The Kier molecular flexibility index (Phi) is 4.63. The number of Topliss-reactive ketones (excluding diaryl/α,β-unsaturated/α-hetero) is 1. The van der Waals surface area contributed by atoms with Crippen molar-refractivity contribution >= 4 is 28.0 Å². The van der Waals surface area contributed by atoms with Crippen LogP contribution in [0.1, 0.15) is 20.7 Å². The van der Waals surface area contributed by atoms with Crippen LogP contribution in [0.15, 0.2) is 46.9 Å². The van der Waals surface area contributed by atoms with Gasteiger partial charge in [0.15, 0.2) is 24.0 Å². The molecule has 0 unspecified atom stereocenters. The first-order valence-electron chi connectivity index (χ1n) is 5.76. The summed E-state index contributed by atoms with van der Waals surface area (Å²) in [5, 5.41) is 0. The summed E-state index contributed by atoms with van der Waals surface area (Å²) in [6, 6.07) is 10.6. The number of hydrogen-bond donors (Lipinski definition) is 0. The van der Waals surface area contributed by atoms with E-state index in [4.69, 9.17) is 4.74 Å². The Bertz CT molecular complexity index is 638. The molecule has 3 nitrogen and oxygen atoms in total. The van der Waals surface area contributed by atoms with Crippen LogP contribution in [0.25, 0.3) is 0 Å². The van der Waals surface area contributed by atoms with Crippen molar-refractivity contribution in [1.29, 1.82) is 0 Å². The minimum atomic E-state index is -0.668. The lowest BCUT2D eigenvalue weighted by atomic mass is 10.1. The average molecular weight is 337 g/mol. The maximum atomic E-state index is 13.5. The van der Waals surface area contributed by atoms with Gasteiger partial charge in [0.2, 0.25) is 0 Å². The molecule has 2 aromatic carbocycles. The summed E-state index contributed by atoms with van der Waals surface area (Å²) in [4.78, 5) is 22.3. The van der Waals surface area contributed by atoms with Gasteiger partial charge in [-0.1, -0.05) is 28.1 Å². The average Bonchev–Trinajstić information content (AvgIpc) is 2.46. The molecule has 0 heterocycles. The Hall–Kier alpha value is -2.01. The van der Waals surface area contributed by atoms with Crippen molar-refractivity contribution in [1.82, 2.24) is 0 Å². The summed E-state index contributed by atoms with van der Waals surface area (Å²) in [6.45, 7) is -0.265. The molecule has 0 radical (unpaired) electrons. The number of benzene rings is 2. The molecular formula is C15H10BrFO3. The Labute approximate surface area is 123 Å². The van der Waals surface area contributed by atoms with E-state index in [1.165, 1.54) is 12.1 Å². The van der Waals surface area contributed by atoms with Gasteiger partial charge in [0.25, 0.3) is 0 Å². The predicted octanol–water partition coefficient (Wildman–Crippen LogP) is 3.66. The molecule has 0 saturated carbocycles. The lowest BCUT2D eigenvalue weighted by Gasteiger charge is -2.07. The maximum absolute atomic E-state index is 13.5. The molecule has 2 aromatic rings. The molecule has 5 heteroatoms. The molecule has 0 aromatic heterocycles. The fraction of sp³-hybridized carbons (Fsp3) is 0.0667.